The Kier molecular flexibility index (Phi) is 2.59. The van der Waals surface area contributed by atoms with E-state index in [1.807, 2.05) is 0 Å². The zero-order chi connectivity index (χ0) is 11.8. The molecule has 2 heterocycles. The first-order valence-corrected chi connectivity index (χ1v) is 6.04. The summed E-state index contributed by atoms with van der Waals surface area (Å²) in [7, 11) is 0. The Hall–Kier alpha value is -1.42. The summed E-state index contributed by atoms with van der Waals surface area (Å²) in [6, 6.07) is 4.63. The van der Waals surface area contributed by atoms with Gasteiger partial charge in [0.2, 0.25) is 5.91 Å². The Labute approximate surface area is 99.4 Å². The average molecular weight is 234 g/mol. The molecule has 1 aromatic rings. The molecule has 0 aromatic heterocycles. The minimum atomic E-state index is -0.226. The van der Waals surface area contributed by atoms with Crippen LogP contribution in [0.5, 0.6) is 0 Å². The minimum Gasteiger partial charge on any atom is -0.326 e. The van der Waals surface area contributed by atoms with Crippen LogP contribution in [0.3, 0.4) is 0 Å². The van der Waals surface area contributed by atoms with Crippen LogP contribution in [0.1, 0.15) is 24.3 Å². The van der Waals surface area contributed by atoms with E-state index in [0.717, 1.165) is 30.8 Å². The SMILES string of the molecule is O=C1CC(C2CCNC2)c2cc(F)ccc2N1. The fourth-order valence-electron chi connectivity index (χ4n) is 2.91. The quantitative estimate of drug-likeness (QED) is 0.778. The van der Waals surface area contributed by atoms with Gasteiger partial charge in [-0.1, -0.05) is 0 Å². The van der Waals surface area contributed by atoms with Gasteiger partial charge in [-0.05, 0) is 55.1 Å². The molecular weight excluding hydrogens is 219 g/mol. The molecule has 3 rings (SSSR count). The molecule has 2 N–H and O–H groups in total. The molecule has 2 aliphatic rings. The molecule has 1 saturated heterocycles. The molecule has 90 valence electrons. The lowest BCUT2D eigenvalue weighted by molar-refractivity contribution is -0.117. The molecule has 2 aliphatic heterocycles. The van der Waals surface area contributed by atoms with E-state index >= 15 is 0 Å². The second kappa shape index (κ2) is 4.11. The van der Waals surface area contributed by atoms with Crippen LogP contribution in [0.2, 0.25) is 0 Å². The molecule has 1 amide bonds. The Bertz CT molecular complexity index is 455. The number of rotatable bonds is 1. The van der Waals surface area contributed by atoms with Gasteiger partial charge in [0.05, 0.1) is 0 Å². The van der Waals surface area contributed by atoms with Crippen molar-refractivity contribution >= 4 is 11.6 Å². The second-order valence-electron chi connectivity index (χ2n) is 4.84. The highest BCUT2D eigenvalue weighted by molar-refractivity contribution is 5.94. The number of halogens is 1. The minimum absolute atomic E-state index is 0.0426. The first-order valence-electron chi connectivity index (χ1n) is 6.04. The van der Waals surface area contributed by atoms with E-state index in [1.54, 1.807) is 12.1 Å². The van der Waals surface area contributed by atoms with Crippen LogP contribution >= 0.6 is 0 Å². The van der Waals surface area contributed by atoms with Gasteiger partial charge >= 0.3 is 0 Å². The van der Waals surface area contributed by atoms with Gasteiger partial charge in [-0.3, -0.25) is 4.79 Å². The first kappa shape index (κ1) is 10.7. The summed E-state index contributed by atoms with van der Waals surface area (Å²) in [4.78, 5) is 11.7. The molecule has 0 saturated carbocycles. The lowest BCUT2D eigenvalue weighted by atomic mass is 9.80. The fourth-order valence-corrected chi connectivity index (χ4v) is 2.91. The van der Waals surface area contributed by atoms with Gasteiger partial charge in [0, 0.05) is 12.1 Å². The van der Waals surface area contributed by atoms with Gasteiger partial charge in [0.1, 0.15) is 5.82 Å². The van der Waals surface area contributed by atoms with Crippen molar-refractivity contribution in [1.29, 1.82) is 0 Å². The summed E-state index contributed by atoms with van der Waals surface area (Å²) < 4.78 is 13.3. The van der Waals surface area contributed by atoms with Crippen molar-refractivity contribution in [2.75, 3.05) is 18.4 Å². The van der Waals surface area contributed by atoms with Crippen molar-refractivity contribution in [2.24, 2.45) is 5.92 Å². The van der Waals surface area contributed by atoms with Gasteiger partial charge in [-0.2, -0.15) is 0 Å². The molecule has 1 fully saturated rings. The molecule has 2 atom stereocenters. The molecule has 0 aliphatic carbocycles. The van der Waals surface area contributed by atoms with Crippen LogP contribution in [0, 0.1) is 11.7 Å². The number of carbonyl (C=O) groups excluding carboxylic acids is 1. The highest BCUT2D eigenvalue weighted by atomic mass is 19.1. The smallest absolute Gasteiger partial charge is 0.225 e. The molecule has 1 aromatic carbocycles. The van der Waals surface area contributed by atoms with E-state index < -0.39 is 0 Å². The Morgan fingerprint density at radius 1 is 1.35 bits per heavy atom. The number of amides is 1. The molecule has 0 spiro atoms. The number of carbonyl (C=O) groups is 1. The summed E-state index contributed by atoms with van der Waals surface area (Å²) >= 11 is 0. The van der Waals surface area contributed by atoms with Gasteiger partial charge in [0.15, 0.2) is 0 Å². The van der Waals surface area contributed by atoms with Crippen LogP contribution < -0.4 is 10.6 Å². The standard InChI is InChI=1S/C13H15FN2O/c14-9-1-2-12-11(5-9)10(6-13(17)16-12)8-3-4-15-7-8/h1-2,5,8,10,15H,3-4,6-7H2,(H,16,17). The zero-order valence-corrected chi connectivity index (χ0v) is 9.50. The molecule has 0 bridgehead atoms. The highest BCUT2D eigenvalue weighted by Crippen LogP contribution is 2.39. The van der Waals surface area contributed by atoms with Crippen LogP contribution in [0.15, 0.2) is 18.2 Å². The molecule has 17 heavy (non-hydrogen) atoms. The largest absolute Gasteiger partial charge is 0.326 e. The Balaban J connectivity index is 1.99. The number of hydrogen-bond acceptors (Lipinski definition) is 2. The van der Waals surface area contributed by atoms with Crippen molar-refractivity contribution in [3.05, 3.63) is 29.6 Å². The van der Waals surface area contributed by atoms with Gasteiger partial charge in [-0.25, -0.2) is 4.39 Å². The summed E-state index contributed by atoms with van der Waals surface area (Å²) in [5.74, 6) is 0.419. The first-order chi connectivity index (χ1) is 8.24. The van der Waals surface area contributed by atoms with Crippen molar-refractivity contribution in [2.45, 2.75) is 18.8 Å². The third-order valence-electron chi connectivity index (χ3n) is 3.76. The fraction of sp³-hybridized carbons (Fsp3) is 0.462. The Morgan fingerprint density at radius 2 is 2.24 bits per heavy atom. The second-order valence-corrected chi connectivity index (χ2v) is 4.84. The predicted octanol–water partition coefficient (Wildman–Crippen LogP) is 1.86. The summed E-state index contributed by atoms with van der Waals surface area (Å²) in [6.07, 6.45) is 1.54. The van der Waals surface area contributed by atoms with E-state index in [2.05, 4.69) is 10.6 Å². The molecular formula is C13H15FN2O. The lowest BCUT2D eigenvalue weighted by Crippen LogP contribution is -2.28. The van der Waals surface area contributed by atoms with Crippen LogP contribution in [0.4, 0.5) is 10.1 Å². The number of hydrogen-bond donors (Lipinski definition) is 2. The number of benzene rings is 1. The van der Waals surface area contributed by atoms with E-state index in [4.69, 9.17) is 0 Å². The van der Waals surface area contributed by atoms with E-state index in [1.165, 1.54) is 6.07 Å². The topological polar surface area (TPSA) is 41.1 Å². The van der Waals surface area contributed by atoms with Crippen LogP contribution in [-0.4, -0.2) is 19.0 Å². The number of anilines is 1. The normalized spacial score (nSPS) is 27.7. The third-order valence-corrected chi connectivity index (χ3v) is 3.76. The third kappa shape index (κ3) is 1.93. The van der Waals surface area contributed by atoms with Crippen molar-refractivity contribution in [1.82, 2.24) is 5.32 Å². The van der Waals surface area contributed by atoms with Gasteiger partial charge < -0.3 is 10.6 Å². The predicted molar refractivity (Wildman–Crippen MR) is 63.4 cm³/mol. The van der Waals surface area contributed by atoms with Gasteiger partial charge in [-0.15, -0.1) is 0 Å². The number of nitrogens with one attached hydrogen (secondary N) is 2. The lowest BCUT2D eigenvalue weighted by Gasteiger charge is -2.29. The summed E-state index contributed by atoms with van der Waals surface area (Å²) in [5.41, 5.74) is 1.73. The van der Waals surface area contributed by atoms with Crippen molar-refractivity contribution < 1.29 is 9.18 Å². The average Bonchev–Trinajstić information content (AvgIpc) is 2.82. The van der Waals surface area contributed by atoms with Crippen LogP contribution in [-0.2, 0) is 4.79 Å². The molecule has 4 heteroatoms. The maximum atomic E-state index is 13.3. The van der Waals surface area contributed by atoms with E-state index in [9.17, 15) is 9.18 Å². The molecule has 2 unspecified atom stereocenters. The zero-order valence-electron chi connectivity index (χ0n) is 9.50. The van der Waals surface area contributed by atoms with E-state index in [0.29, 0.717) is 12.3 Å². The maximum Gasteiger partial charge on any atom is 0.225 e. The number of fused-ring (bicyclic) bond motifs is 1. The summed E-state index contributed by atoms with van der Waals surface area (Å²) in [6.45, 7) is 1.92. The highest BCUT2D eigenvalue weighted by Gasteiger charge is 2.33. The molecule has 3 nitrogen and oxygen atoms in total. The van der Waals surface area contributed by atoms with Gasteiger partial charge in [0.25, 0.3) is 0 Å². The Morgan fingerprint density at radius 3 is 3.00 bits per heavy atom. The van der Waals surface area contributed by atoms with Crippen molar-refractivity contribution in [3.63, 3.8) is 0 Å². The summed E-state index contributed by atoms with van der Waals surface area (Å²) in [5, 5.41) is 6.12. The monoisotopic (exact) mass is 234 g/mol. The van der Waals surface area contributed by atoms with Crippen LogP contribution in [0.25, 0.3) is 0 Å². The van der Waals surface area contributed by atoms with Crippen molar-refractivity contribution in [3.8, 4) is 0 Å². The maximum absolute atomic E-state index is 13.3. The molecule has 0 radical (unpaired) electrons. The van der Waals surface area contributed by atoms with E-state index in [-0.39, 0.29) is 17.6 Å².